The van der Waals surface area contributed by atoms with Gasteiger partial charge < -0.3 is 10.2 Å². The van der Waals surface area contributed by atoms with Crippen LogP contribution < -0.4 is 5.73 Å². The van der Waals surface area contributed by atoms with E-state index >= 15 is 0 Å². The van der Waals surface area contributed by atoms with Crippen LogP contribution in [-0.4, -0.2) is 0 Å². The topological polar surface area (TPSA) is 39.2 Å². The molecule has 0 amide bonds. The molecule has 0 fully saturated rings. The van der Waals surface area contributed by atoms with Gasteiger partial charge in [-0.25, -0.2) is 0 Å². The Bertz CT molecular complexity index is 148. The number of halogens is 1. The third-order valence-corrected chi connectivity index (χ3v) is 0.992. The predicted octanol–water partition coefficient (Wildman–Crippen LogP) is 1.72. The molecule has 1 rings (SSSR count). The normalized spacial score (nSPS) is 12.2. The molecule has 0 aliphatic carbocycles. The summed E-state index contributed by atoms with van der Waals surface area (Å²) in [6, 6.07) is 3.72. The number of nitrogens with two attached hydrogens (primary N) is 1. The smallest absolute Gasteiger partial charge is 0.120 e. The molecule has 0 bridgehead atoms. The molecule has 1 aromatic rings. The van der Waals surface area contributed by atoms with E-state index in [0.717, 1.165) is 5.76 Å². The average Bonchev–Trinajstić information content (AvgIpc) is 2.12. The molecule has 1 heterocycles. The van der Waals surface area contributed by atoms with Crippen LogP contribution in [-0.2, 0) is 0 Å². The van der Waals surface area contributed by atoms with Crippen molar-refractivity contribution in [1.29, 1.82) is 0 Å². The van der Waals surface area contributed by atoms with Crippen LogP contribution in [0, 0.1) is 0 Å². The van der Waals surface area contributed by atoms with Gasteiger partial charge in [0.2, 0.25) is 0 Å². The van der Waals surface area contributed by atoms with E-state index in [2.05, 4.69) is 0 Å². The monoisotopic (exact) mass is 147 g/mol. The van der Waals surface area contributed by atoms with Gasteiger partial charge in [0.1, 0.15) is 5.76 Å². The molecule has 9 heavy (non-hydrogen) atoms. The summed E-state index contributed by atoms with van der Waals surface area (Å²) in [6.45, 7) is 1.89. The molecule has 1 atom stereocenters. The standard InChI is InChI=1S/C6H9NO.ClH/c1-5(7)6-3-2-4-8-6;/h2-5H,7H2,1H3;1H/t5-;/m1./s1. The highest BCUT2D eigenvalue weighted by Crippen LogP contribution is 2.07. The van der Waals surface area contributed by atoms with Gasteiger partial charge in [-0.2, -0.15) is 0 Å². The first-order valence-corrected chi connectivity index (χ1v) is 2.59. The lowest BCUT2D eigenvalue weighted by molar-refractivity contribution is 0.480. The van der Waals surface area contributed by atoms with Crippen LogP contribution in [0.15, 0.2) is 22.8 Å². The van der Waals surface area contributed by atoms with E-state index in [9.17, 15) is 0 Å². The van der Waals surface area contributed by atoms with Crippen molar-refractivity contribution in [2.45, 2.75) is 13.0 Å². The van der Waals surface area contributed by atoms with Crippen LogP contribution in [0.3, 0.4) is 0 Å². The number of hydrogen-bond acceptors (Lipinski definition) is 2. The predicted molar refractivity (Wildman–Crippen MR) is 38.6 cm³/mol. The largest absolute Gasteiger partial charge is 0.468 e. The summed E-state index contributed by atoms with van der Waals surface area (Å²) in [6.07, 6.45) is 1.62. The molecule has 0 radical (unpaired) electrons. The molecule has 0 aliphatic heterocycles. The van der Waals surface area contributed by atoms with E-state index < -0.39 is 0 Å². The van der Waals surface area contributed by atoms with Crippen molar-refractivity contribution in [3.63, 3.8) is 0 Å². The number of hydrogen-bond donors (Lipinski definition) is 1. The van der Waals surface area contributed by atoms with E-state index in [4.69, 9.17) is 10.2 Å². The molecule has 3 heteroatoms. The Morgan fingerprint density at radius 1 is 1.67 bits per heavy atom. The molecular formula is C6H10ClNO. The van der Waals surface area contributed by atoms with Crippen LogP contribution in [0.5, 0.6) is 0 Å². The van der Waals surface area contributed by atoms with Gasteiger partial charge in [-0.1, -0.05) is 0 Å². The molecular weight excluding hydrogens is 138 g/mol. The second kappa shape index (κ2) is 3.54. The summed E-state index contributed by atoms with van der Waals surface area (Å²) in [5.41, 5.74) is 5.46. The highest BCUT2D eigenvalue weighted by Gasteiger charge is 1.98. The third-order valence-electron chi connectivity index (χ3n) is 0.992. The van der Waals surface area contributed by atoms with Gasteiger partial charge in [0.05, 0.1) is 12.3 Å². The van der Waals surface area contributed by atoms with Crippen molar-refractivity contribution in [3.05, 3.63) is 24.2 Å². The van der Waals surface area contributed by atoms with E-state index in [-0.39, 0.29) is 18.4 Å². The molecule has 0 spiro atoms. The van der Waals surface area contributed by atoms with Gasteiger partial charge in [0.25, 0.3) is 0 Å². The second-order valence-electron chi connectivity index (χ2n) is 1.80. The Labute approximate surface area is 60.4 Å². The summed E-state index contributed by atoms with van der Waals surface area (Å²) in [5.74, 6) is 0.838. The van der Waals surface area contributed by atoms with Crippen LogP contribution in [0.2, 0.25) is 0 Å². The summed E-state index contributed by atoms with van der Waals surface area (Å²) >= 11 is 0. The highest BCUT2D eigenvalue weighted by atomic mass is 35.5. The fraction of sp³-hybridized carbons (Fsp3) is 0.333. The zero-order valence-corrected chi connectivity index (χ0v) is 6.02. The second-order valence-corrected chi connectivity index (χ2v) is 1.80. The summed E-state index contributed by atoms with van der Waals surface area (Å²) in [4.78, 5) is 0. The first-order valence-electron chi connectivity index (χ1n) is 2.59. The Kier molecular flexibility index (Phi) is 3.35. The zero-order chi connectivity index (χ0) is 5.98. The van der Waals surface area contributed by atoms with E-state index in [1.54, 1.807) is 6.26 Å². The van der Waals surface area contributed by atoms with E-state index in [0.29, 0.717) is 0 Å². The Balaban J connectivity index is 0.000000640. The first kappa shape index (κ1) is 8.53. The lowest BCUT2D eigenvalue weighted by Gasteiger charge is -1.95. The summed E-state index contributed by atoms with van der Waals surface area (Å²) in [5, 5.41) is 0. The van der Waals surface area contributed by atoms with Crippen molar-refractivity contribution >= 4 is 12.4 Å². The van der Waals surface area contributed by atoms with E-state index in [1.165, 1.54) is 0 Å². The van der Waals surface area contributed by atoms with Crippen molar-refractivity contribution in [2.75, 3.05) is 0 Å². The third kappa shape index (κ3) is 2.08. The Morgan fingerprint density at radius 3 is 2.56 bits per heavy atom. The Morgan fingerprint density at radius 2 is 2.33 bits per heavy atom. The van der Waals surface area contributed by atoms with Gasteiger partial charge in [0.15, 0.2) is 0 Å². The molecule has 0 unspecified atom stereocenters. The van der Waals surface area contributed by atoms with Crippen LogP contribution in [0.1, 0.15) is 18.7 Å². The minimum atomic E-state index is 0. The number of furan rings is 1. The maximum Gasteiger partial charge on any atom is 0.120 e. The molecule has 1 aromatic heterocycles. The Hall–Kier alpha value is -0.470. The summed E-state index contributed by atoms with van der Waals surface area (Å²) in [7, 11) is 0. The quantitative estimate of drug-likeness (QED) is 0.657. The SMILES string of the molecule is C[C@@H](N)c1ccco1.Cl. The molecule has 0 aromatic carbocycles. The van der Waals surface area contributed by atoms with Crippen molar-refractivity contribution in [1.82, 2.24) is 0 Å². The zero-order valence-electron chi connectivity index (χ0n) is 5.20. The highest BCUT2D eigenvalue weighted by molar-refractivity contribution is 5.85. The molecule has 2 N–H and O–H groups in total. The van der Waals surface area contributed by atoms with Crippen LogP contribution in [0.4, 0.5) is 0 Å². The van der Waals surface area contributed by atoms with Crippen molar-refractivity contribution in [2.24, 2.45) is 5.73 Å². The van der Waals surface area contributed by atoms with Gasteiger partial charge in [-0.3, -0.25) is 0 Å². The van der Waals surface area contributed by atoms with Crippen molar-refractivity contribution in [3.8, 4) is 0 Å². The fourth-order valence-electron chi connectivity index (χ4n) is 0.550. The van der Waals surface area contributed by atoms with Gasteiger partial charge in [-0.15, -0.1) is 12.4 Å². The molecule has 52 valence electrons. The van der Waals surface area contributed by atoms with Gasteiger partial charge in [-0.05, 0) is 19.1 Å². The molecule has 0 aliphatic rings. The lowest BCUT2D eigenvalue weighted by Crippen LogP contribution is -2.02. The van der Waals surface area contributed by atoms with Gasteiger partial charge >= 0.3 is 0 Å². The fourth-order valence-corrected chi connectivity index (χ4v) is 0.550. The average molecular weight is 148 g/mol. The molecule has 0 saturated heterocycles. The van der Waals surface area contributed by atoms with E-state index in [1.807, 2.05) is 19.1 Å². The minimum absolute atomic E-state index is 0. The number of rotatable bonds is 1. The minimum Gasteiger partial charge on any atom is -0.468 e. The van der Waals surface area contributed by atoms with Gasteiger partial charge in [0, 0.05) is 0 Å². The molecule has 2 nitrogen and oxygen atoms in total. The lowest BCUT2D eigenvalue weighted by atomic mass is 10.3. The van der Waals surface area contributed by atoms with Crippen LogP contribution >= 0.6 is 12.4 Å². The molecule has 0 saturated carbocycles. The first-order chi connectivity index (χ1) is 3.80. The maximum absolute atomic E-state index is 5.46. The van der Waals surface area contributed by atoms with Crippen molar-refractivity contribution < 1.29 is 4.42 Å². The van der Waals surface area contributed by atoms with Crippen LogP contribution in [0.25, 0.3) is 0 Å². The maximum atomic E-state index is 5.46. The summed E-state index contributed by atoms with van der Waals surface area (Å²) < 4.78 is 4.97.